The summed E-state index contributed by atoms with van der Waals surface area (Å²) in [7, 11) is 0. The second-order valence-electron chi connectivity index (χ2n) is 4.85. The number of pyridine rings is 1. The molecule has 0 saturated carbocycles. The van der Waals surface area contributed by atoms with Gasteiger partial charge in [0.05, 0.1) is 5.69 Å². The van der Waals surface area contributed by atoms with Crippen LogP contribution in [0.5, 0.6) is 0 Å². The van der Waals surface area contributed by atoms with Crippen molar-refractivity contribution < 1.29 is 0 Å². The topological polar surface area (TPSA) is 58.9 Å². The Labute approximate surface area is 84.3 Å². The van der Waals surface area contributed by atoms with E-state index >= 15 is 0 Å². The van der Waals surface area contributed by atoms with Crippen LogP contribution in [0.4, 0.5) is 5.69 Å². The predicted octanol–water partition coefficient (Wildman–Crippen LogP) is 1.94. The van der Waals surface area contributed by atoms with Gasteiger partial charge in [0.25, 0.3) is 5.56 Å². The van der Waals surface area contributed by atoms with E-state index in [9.17, 15) is 4.79 Å². The Morgan fingerprint density at radius 1 is 1.43 bits per heavy atom. The summed E-state index contributed by atoms with van der Waals surface area (Å²) in [5.41, 5.74) is 7.02. The highest BCUT2D eigenvalue weighted by Gasteiger charge is 2.10. The van der Waals surface area contributed by atoms with Gasteiger partial charge in [-0.3, -0.25) is 4.79 Å². The van der Waals surface area contributed by atoms with E-state index in [1.165, 1.54) is 0 Å². The highest BCUT2D eigenvalue weighted by atomic mass is 16.1. The molecule has 14 heavy (non-hydrogen) atoms. The number of anilines is 1. The van der Waals surface area contributed by atoms with E-state index in [-0.39, 0.29) is 5.56 Å². The van der Waals surface area contributed by atoms with Crippen LogP contribution < -0.4 is 11.3 Å². The van der Waals surface area contributed by atoms with Crippen molar-refractivity contribution in [1.82, 2.24) is 4.98 Å². The lowest BCUT2D eigenvalue weighted by molar-refractivity contribution is 0.378. The smallest absolute Gasteiger partial charge is 0.271 e. The molecule has 3 heteroatoms. The number of aromatic nitrogens is 1. The van der Waals surface area contributed by atoms with Crippen LogP contribution in [-0.2, 0) is 6.42 Å². The van der Waals surface area contributed by atoms with Crippen molar-refractivity contribution in [2.75, 3.05) is 5.73 Å². The number of H-pyrrole nitrogens is 1. The second kappa shape index (κ2) is 3.86. The molecule has 0 aliphatic rings. The van der Waals surface area contributed by atoms with E-state index in [4.69, 9.17) is 5.73 Å². The van der Waals surface area contributed by atoms with E-state index in [1.54, 1.807) is 12.3 Å². The zero-order valence-corrected chi connectivity index (χ0v) is 9.05. The zero-order valence-electron chi connectivity index (χ0n) is 9.05. The first kappa shape index (κ1) is 10.8. The van der Waals surface area contributed by atoms with Crippen LogP contribution in [0.2, 0.25) is 0 Å². The van der Waals surface area contributed by atoms with Crippen LogP contribution in [0.15, 0.2) is 17.1 Å². The van der Waals surface area contributed by atoms with Crippen LogP contribution in [0.3, 0.4) is 0 Å². The fourth-order valence-corrected chi connectivity index (χ4v) is 1.21. The van der Waals surface area contributed by atoms with E-state index in [2.05, 4.69) is 25.8 Å². The molecular formula is C11H18N2O. The normalized spacial score (nSPS) is 11.6. The van der Waals surface area contributed by atoms with Crippen molar-refractivity contribution in [3.05, 3.63) is 28.2 Å². The number of hydrogen-bond donors (Lipinski definition) is 2. The summed E-state index contributed by atoms with van der Waals surface area (Å²) in [5.74, 6) is 0. The highest BCUT2D eigenvalue weighted by molar-refractivity contribution is 5.37. The average molecular weight is 194 g/mol. The number of hydrogen-bond acceptors (Lipinski definition) is 2. The van der Waals surface area contributed by atoms with Crippen LogP contribution in [-0.4, -0.2) is 4.98 Å². The second-order valence-corrected chi connectivity index (χ2v) is 4.85. The van der Waals surface area contributed by atoms with Crippen molar-refractivity contribution in [2.45, 2.75) is 33.6 Å². The van der Waals surface area contributed by atoms with Crippen molar-refractivity contribution in [2.24, 2.45) is 5.41 Å². The fourth-order valence-electron chi connectivity index (χ4n) is 1.21. The molecule has 3 N–H and O–H groups in total. The van der Waals surface area contributed by atoms with Crippen molar-refractivity contribution >= 4 is 5.69 Å². The molecule has 1 rings (SSSR count). The van der Waals surface area contributed by atoms with Gasteiger partial charge in [-0.05, 0) is 29.9 Å². The quantitative estimate of drug-likeness (QED) is 0.755. The summed E-state index contributed by atoms with van der Waals surface area (Å²) in [6.07, 6.45) is 3.77. The summed E-state index contributed by atoms with van der Waals surface area (Å²) < 4.78 is 0. The molecule has 0 aliphatic carbocycles. The maximum Gasteiger partial charge on any atom is 0.271 e. The number of rotatable bonds is 2. The first-order chi connectivity index (χ1) is 6.38. The minimum absolute atomic E-state index is 0.204. The molecule has 0 amide bonds. The molecule has 0 unspecified atom stereocenters. The molecule has 1 heterocycles. The Hall–Kier alpha value is -1.25. The maximum atomic E-state index is 11.0. The standard InChI is InChI=1S/C11H18N2O/c1-11(2,3)5-4-8-6-9(12)10(14)13-7-8/h6-7H,4-5,12H2,1-3H3,(H,13,14). The Morgan fingerprint density at radius 3 is 2.57 bits per heavy atom. The molecule has 0 radical (unpaired) electrons. The summed E-state index contributed by atoms with van der Waals surface area (Å²) in [6, 6.07) is 1.75. The van der Waals surface area contributed by atoms with Gasteiger partial charge in [0.1, 0.15) is 0 Å². The van der Waals surface area contributed by atoms with Gasteiger partial charge in [0.15, 0.2) is 0 Å². The zero-order chi connectivity index (χ0) is 10.8. The lowest BCUT2D eigenvalue weighted by Crippen LogP contribution is -2.12. The van der Waals surface area contributed by atoms with Gasteiger partial charge in [-0.25, -0.2) is 0 Å². The fraction of sp³-hybridized carbons (Fsp3) is 0.545. The van der Waals surface area contributed by atoms with Crippen molar-refractivity contribution in [1.29, 1.82) is 0 Å². The van der Waals surface area contributed by atoms with Gasteiger partial charge in [-0.1, -0.05) is 20.8 Å². The van der Waals surface area contributed by atoms with Crippen molar-refractivity contribution in [3.63, 3.8) is 0 Å². The van der Waals surface area contributed by atoms with E-state index < -0.39 is 0 Å². The highest BCUT2D eigenvalue weighted by Crippen LogP contribution is 2.21. The molecule has 0 aromatic carbocycles. The van der Waals surface area contributed by atoms with Gasteiger partial charge in [-0.15, -0.1) is 0 Å². The monoisotopic (exact) mass is 194 g/mol. The first-order valence-corrected chi connectivity index (χ1v) is 4.85. The molecule has 1 aromatic rings. The summed E-state index contributed by atoms with van der Waals surface area (Å²) in [5, 5.41) is 0. The van der Waals surface area contributed by atoms with Gasteiger partial charge in [-0.2, -0.15) is 0 Å². The van der Waals surface area contributed by atoms with Gasteiger partial charge >= 0.3 is 0 Å². The lowest BCUT2D eigenvalue weighted by Gasteiger charge is -2.17. The Kier molecular flexibility index (Phi) is 2.99. The first-order valence-electron chi connectivity index (χ1n) is 4.85. The third-order valence-corrected chi connectivity index (χ3v) is 2.16. The molecule has 1 aromatic heterocycles. The molecule has 0 fully saturated rings. The molecule has 0 aliphatic heterocycles. The maximum absolute atomic E-state index is 11.0. The summed E-state index contributed by atoms with van der Waals surface area (Å²) >= 11 is 0. The lowest BCUT2D eigenvalue weighted by atomic mass is 9.89. The van der Waals surface area contributed by atoms with Crippen molar-refractivity contribution in [3.8, 4) is 0 Å². The van der Waals surface area contributed by atoms with E-state index in [0.29, 0.717) is 11.1 Å². The number of aryl methyl sites for hydroxylation is 1. The average Bonchev–Trinajstić information content (AvgIpc) is 2.06. The molecular weight excluding hydrogens is 176 g/mol. The number of aromatic amines is 1. The summed E-state index contributed by atoms with van der Waals surface area (Å²) in [4.78, 5) is 13.6. The van der Waals surface area contributed by atoms with Gasteiger partial charge in [0.2, 0.25) is 0 Å². The van der Waals surface area contributed by atoms with Crippen LogP contribution in [0.25, 0.3) is 0 Å². The molecule has 3 nitrogen and oxygen atoms in total. The van der Waals surface area contributed by atoms with Gasteiger partial charge < -0.3 is 10.7 Å². The third-order valence-electron chi connectivity index (χ3n) is 2.16. The molecule has 0 spiro atoms. The van der Waals surface area contributed by atoms with Gasteiger partial charge in [0, 0.05) is 6.20 Å². The number of nitrogens with two attached hydrogens (primary N) is 1. The van der Waals surface area contributed by atoms with E-state index in [0.717, 1.165) is 18.4 Å². The molecule has 0 bridgehead atoms. The molecule has 0 saturated heterocycles. The largest absolute Gasteiger partial charge is 0.394 e. The minimum Gasteiger partial charge on any atom is -0.394 e. The molecule has 0 atom stereocenters. The summed E-state index contributed by atoms with van der Waals surface area (Å²) in [6.45, 7) is 6.59. The Morgan fingerprint density at radius 2 is 2.07 bits per heavy atom. The number of nitrogen functional groups attached to an aromatic ring is 1. The van der Waals surface area contributed by atoms with Crippen LogP contribution >= 0.6 is 0 Å². The van der Waals surface area contributed by atoms with Crippen LogP contribution in [0.1, 0.15) is 32.8 Å². The SMILES string of the molecule is CC(C)(C)CCc1c[nH]c(=O)c(N)c1. The predicted molar refractivity (Wildman–Crippen MR) is 59.3 cm³/mol. The Balaban J connectivity index is 2.70. The Bertz CT molecular complexity index is 360. The van der Waals surface area contributed by atoms with E-state index in [1.807, 2.05) is 0 Å². The third kappa shape index (κ3) is 3.24. The molecule has 78 valence electrons. The van der Waals surface area contributed by atoms with Crippen LogP contribution in [0, 0.1) is 5.41 Å². The minimum atomic E-state index is -0.204. The number of nitrogens with one attached hydrogen (secondary N) is 1.